The first-order chi connectivity index (χ1) is 12.6. The molecule has 0 saturated heterocycles. The number of fused-ring (bicyclic) bond motifs is 2. The molecule has 0 unspecified atom stereocenters. The number of rotatable bonds is 1. The second-order valence-corrected chi connectivity index (χ2v) is 6.53. The van der Waals surface area contributed by atoms with E-state index in [0.29, 0.717) is 17.1 Å². The van der Waals surface area contributed by atoms with Gasteiger partial charge in [-0.25, -0.2) is 0 Å². The zero-order valence-corrected chi connectivity index (χ0v) is 14.1. The fourth-order valence-electron chi connectivity index (χ4n) is 3.97. The molecule has 1 N–H and O–H groups in total. The van der Waals surface area contributed by atoms with Gasteiger partial charge in [0.05, 0.1) is 16.5 Å². The van der Waals surface area contributed by atoms with Crippen LogP contribution in [0, 0.1) is 0 Å². The number of hydrogen-bond acceptors (Lipinski definition) is 5. The highest BCUT2D eigenvalue weighted by Gasteiger charge is 2.55. The third kappa shape index (κ3) is 1.86. The summed E-state index contributed by atoms with van der Waals surface area (Å²) in [6.45, 7) is 0. The summed E-state index contributed by atoms with van der Waals surface area (Å²) in [5.41, 5.74) is 0.708. The Labute approximate surface area is 149 Å². The van der Waals surface area contributed by atoms with E-state index in [9.17, 15) is 9.90 Å². The molecule has 1 spiro atoms. The van der Waals surface area contributed by atoms with Crippen LogP contribution in [0.2, 0.25) is 0 Å². The summed E-state index contributed by atoms with van der Waals surface area (Å²) in [6, 6.07) is 16.5. The molecule has 130 valence electrons. The Bertz CT molecular complexity index is 1010. The van der Waals surface area contributed by atoms with Crippen LogP contribution in [0.15, 0.2) is 54.6 Å². The maximum atomic E-state index is 12.6. The van der Waals surface area contributed by atoms with Gasteiger partial charge in [0.2, 0.25) is 0 Å². The van der Waals surface area contributed by atoms with Gasteiger partial charge >= 0.3 is 5.79 Å². The van der Waals surface area contributed by atoms with Crippen molar-refractivity contribution in [2.75, 3.05) is 7.11 Å². The fraction of sp³-hybridized carbons (Fsp3) is 0.190. The average Bonchev–Trinajstić information content (AvgIpc) is 2.65. The summed E-state index contributed by atoms with van der Waals surface area (Å²) >= 11 is 0. The minimum atomic E-state index is -1.33. The third-order valence-electron chi connectivity index (χ3n) is 5.13. The number of carbonyl (C=O) groups is 1. The molecule has 5 heteroatoms. The summed E-state index contributed by atoms with van der Waals surface area (Å²) in [7, 11) is 1.53. The standard InChI is InChI=1S/C21H16O5/c1-24-18-11-15(23)20-13(7-4-8-14(20)22)21(18)25-16-9-2-5-12-6-3-10-17(26-21)19(12)16/h2-10,18,22H,11H2,1H3/t18-/m0/s1. The van der Waals surface area contributed by atoms with E-state index >= 15 is 0 Å². The molecule has 5 nitrogen and oxygen atoms in total. The van der Waals surface area contributed by atoms with Gasteiger partial charge in [-0.1, -0.05) is 36.4 Å². The Morgan fingerprint density at radius 1 is 1.04 bits per heavy atom. The Morgan fingerprint density at radius 2 is 1.69 bits per heavy atom. The molecule has 1 atom stereocenters. The number of phenolic OH excluding ortho intramolecular Hbond substituents is 1. The molecule has 5 rings (SSSR count). The van der Waals surface area contributed by atoms with E-state index in [-0.39, 0.29) is 23.5 Å². The molecule has 1 heterocycles. The highest BCUT2D eigenvalue weighted by molar-refractivity contribution is 6.02. The van der Waals surface area contributed by atoms with Crippen molar-refractivity contribution in [2.24, 2.45) is 0 Å². The molecule has 0 bridgehead atoms. The van der Waals surface area contributed by atoms with Crippen LogP contribution in [0.3, 0.4) is 0 Å². The highest BCUT2D eigenvalue weighted by atomic mass is 16.7. The van der Waals surface area contributed by atoms with Crippen molar-refractivity contribution in [1.82, 2.24) is 0 Å². The SMILES string of the molecule is CO[C@H]1CC(=O)c2c(O)cccc2C12Oc1cccc3cccc(c13)O2. The van der Waals surface area contributed by atoms with E-state index < -0.39 is 11.9 Å². The van der Waals surface area contributed by atoms with Gasteiger partial charge < -0.3 is 19.3 Å². The van der Waals surface area contributed by atoms with Crippen molar-refractivity contribution < 1.29 is 24.1 Å². The lowest BCUT2D eigenvalue weighted by Crippen LogP contribution is -2.55. The van der Waals surface area contributed by atoms with Crippen LogP contribution in [0.4, 0.5) is 0 Å². The van der Waals surface area contributed by atoms with Crippen LogP contribution in [0.25, 0.3) is 10.8 Å². The summed E-state index contributed by atoms with van der Waals surface area (Å²) in [5.74, 6) is -0.282. The number of benzene rings is 3. The van der Waals surface area contributed by atoms with Gasteiger partial charge in [-0.3, -0.25) is 4.79 Å². The van der Waals surface area contributed by atoms with Gasteiger partial charge in [0, 0.05) is 13.5 Å². The third-order valence-corrected chi connectivity index (χ3v) is 5.13. The Kier molecular flexibility index (Phi) is 3.06. The number of carbonyl (C=O) groups excluding carboxylic acids is 1. The van der Waals surface area contributed by atoms with Crippen LogP contribution in [0.5, 0.6) is 17.2 Å². The Balaban J connectivity index is 1.80. The van der Waals surface area contributed by atoms with Crippen LogP contribution in [0.1, 0.15) is 22.3 Å². The predicted molar refractivity (Wildman–Crippen MR) is 94.7 cm³/mol. The van der Waals surface area contributed by atoms with Crippen molar-refractivity contribution in [3.63, 3.8) is 0 Å². The number of hydrogen-bond donors (Lipinski definition) is 1. The summed E-state index contributed by atoms with van der Waals surface area (Å²) in [6.07, 6.45) is -0.591. The van der Waals surface area contributed by atoms with E-state index in [2.05, 4.69) is 0 Å². The average molecular weight is 348 g/mol. The summed E-state index contributed by atoms with van der Waals surface area (Å²) < 4.78 is 18.3. The highest BCUT2D eigenvalue weighted by Crippen LogP contribution is 2.50. The molecule has 1 aliphatic heterocycles. The van der Waals surface area contributed by atoms with E-state index in [1.54, 1.807) is 12.1 Å². The monoisotopic (exact) mass is 348 g/mol. The van der Waals surface area contributed by atoms with Crippen molar-refractivity contribution in [2.45, 2.75) is 18.3 Å². The number of ketones is 1. The number of Topliss-reactive ketones (excluding diaryl/α,β-unsaturated/α-hetero) is 1. The van der Waals surface area contributed by atoms with Gasteiger partial charge in [0.15, 0.2) is 5.78 Å². The van der Waals surface area contributed by atoms with E-state index in [4.69, 9.17) is 14.2 Å². The van der Waals surface area contributed by atoms with Gasteiger partial charge in [-0.15, -0.1) is 0 Å². The van der Waals surface area contributed by atoms with Crippen molar-refractivity contribution in [1.29, 1.82) is 0 Å². The number of aromatic hydroxyl groups is 1. The van der Waals surface area contributed by atoms with E-state index in [0.717, 1.165) is 10.8 Å². The quantitative estimate of drug-likeness (QED) is 0.725. The second-order valence-electron chi connectivity index (χ2n) is 6.53. The zero-order valence-electron chi connectivity index (χ0n) is 14.1. The second kappa shape index (κ2) is 5.22. The fourth-order valence-corrected chi connectivity index (χ4v) is 3.97. The van der Waals surface area contributed by atoms with Gasteiger partial charge in [0.25, 0.3) is 0 Å². The van der Waals surface area contributed by atoms with Crippen LogP contribution < -0.4 is 9.47 Å². The lowest BCUT2D eigenvalue weighted by molar-refractivity contribution is -0.208. The van der Waals surface area contributed by atoms with E-state index in [1.807, 2.05) is 36.4 Å². The molecule has 0 amide bonds. The number of methoxy groups -OCH3 is 1. The Morgan fingerprint density at radius 3 is 2.35 bits per heavy atom. The maximum Gasteiger partial charge on any atom is 0.305 e. The lowest BCUT2D eigenvalue weighted by Gasteiger charge is -2.45. The van der Waals surface area contributed by atoms with Crippen LogP contribution in [-0.4, -0.2) is 24.1 Å². The molecule has 0 fully saturated rings. The summed E-state index contributed by atoms with van der Waals surface area (Å²) in [4.78, 5) is 12.6. The maximum absolute atomic E-state index is 12.6. The topological polar surface area (TPSA) is 65.0 Å². The van der Waals surface area contributed by atoms with Gasteiger partial charge in [0.1, 0.15) is 23.4 Å². The summed E-state index contributed by atoms with van der Waals surface area (Å²) in [5, 5.41) is 12.2. The van der Waals surface area contributed by atoms with Crippen LogP contribution in [-0.2, 0) is 10.5 Å². The van der Waals surface area contributed by atoms with Crippen molar-refractivity contribution in [3.05, 3.63) is 65.7 Å². The van der Waals surface area contributed by atoms with Crippen molar-refractivity contribution in [3.8, 4) is 17.2 Å². The molecular formula is C21H16O5. The smallest absolute Gasteiger partial charge is 0.305 e. The molecule has 3 aromatic carbocycles. The first-order valence-electron chi connectivity index (χ1n) is 8.42. The molecule has 0 aromatic heterocycles. The molecule has 1 aliphatic carbocycles. The molecule has 3 aromatic rings. The molecule has 2 aliphatic rings. The normalized spacial score (nSPS) is 19.7. The Hall–Kier alpha value is -3.05. The minimum absolute atomic E-state index is 0.0548. The minimum Gasteiger partial charge on any atom is -0.507 e. The van der Waals surface area contributed by atoms with E-state index in [1.165, 1.54) is 13.2 Å². The first-order valence-corrected chi connectivity index (χ1v) is 8.42. The van der Waals surface area contributed by atoms with Crippen molar-refractivity contribution >= 4 is 16.6 Å². The molecular weight excluding hydrogens is 332 g/mol. The molecule has 0 radical (unpaired) electrons. The lowest BCUT2D eigenvalue weighted by atomic mass is 9.82. The zero-order chi connectivity index (χ0) is 17.9. The first kappa shape index (κ1) is 15.2. The molecule has 0 saturated carbocycles. The largest absolute Gasteiger partial charge is 0.507 e. The number of ether oxygens (including phenoxy) is 3. The van der Waals surface area contributed by atoms with Gasteiger partial charge in [-0.05, 0) is 23.6 Å². The number of phenols is 1. The predicted octanol–water partition coefficient (Wildman–Crippen LogP) is 3.77. The van der Waals surface area contributed by atoms with Crippen LogP contribution >= 0.6 is 0 Å². The molecule has 26 heavy (non-hydrogen) atoms. The van der Waals surface area contributed by atoms with Gasteiger partial charge in [-0.2, -0.15) is 0 Å².